The fourth-order valence-corrected chi connectivity index (χ4v) is 11.1. The first-order valence-corrected chi connectivity index (χ1v) is 32.0. The van der Waals surface area contributed by atoms with Crippen LogP contribution in [0.15, 0.2) is 365 Å². The molecule has 19 rings (SSSR count). The molecule has 101 heavy (non-hydrogen) atoms. The molecule has 490 valence electrons. The number of benzene rings is 12. The minimum atomic E-state index is 0. The Morgan fingerprint density at radius 1 is 0.188 bits per heavy atom. The molecule has 0 aliphatic carbocycles. The minimum Gasteiger partial charge on any atom is -0.305 e. The number of rotatable bonds is 4. The Morgan fingerprint density at radius 2 is 0.475 bits per heavy atom. The summed E-state index contributed by atoms with van der Waals surface area (Å²) in [5.41, 5.74) is 11.2. The van der Waals surface area contributed by atoms with Crippen LogP contribution in [-0.4, -0.2) is 34.9 Å². The van der Waals surface area contributed by atoms with Gasteiger partial charge in [0.2, 0.25) is 0 Å². The van der Waals surface area contributed by atoms with Crippen LogP contribution < -0.4 is 0 Å². The van der Waals surface area contributed by atoms with Crippen LogP contribution in [0.5, 0.6) is 0 Å². The third-order valence-corrected chi connectivity index (χ3v) is 15.8. The first-order valence-electron chi connectivity index (χ1n) is 32.0. The van der Waals surface area contributed by atoms with Crippen LogP contribution in [0.4, 0.5) is 0 Å². The number of nitrogens with zero attached hydrogens (tertiary/aromatic N) is 7. The summed E-state index contributed by atoms with van der Waals surface area (Å²) in [6, 6.07) is 129. The quantitative estimate of drug-likeness (QED) is 0.128. The van der Waals surface area contributed by atoms with Crippen LogP contribution >= 0.6 is 0 Å². The van der Waals surface area contributed by atoms with Gasteiger partial charge in [-0.2, -0.15) is 0 Å². The number of pyridine rings is 7. The molecule has 7 aromatic heterocycles. The number of hydrogen-bond acceptors (Lipinski definition) is 7. The van der Waals surface area contributed by atoms with Crippen molar-refractivity contribution in [3.05, 3.63) is 407 Å². The van der Waals surface area contributed by atoms with Gasteiger partial charge in [-0.15, -0.1) is 249 Å². The number of hydrogen-bond donors (Lipinski definition) is 0. The van der Waals surface area contributed by atoms with E-state index in [1.165, 1.54) is 53.9 Å². The molecule has 0 amide bonds. The summed E-state index contributed by atoms with van der Waals surface area (Å²) < 4.78 is 0. The molecule has 0 aliphatic rings. The first-order chi connectivity index (χ1) is 48.7. The molecule has 0 fully saturated rings. The zero-order chi connectivity index (χ0) is 66.2. The number of fused-ring (bicyclic) bond motifs is 11. The van der Waals surface area contributed by atoms with Crippen molar-refractivity contribution in [2.24, 2.45) is 0 Å². The molecule has 0 bridgehead atoms. The summed E-state index contributed by atoms with van der Waals surface area (Å²) in [4.78, 5) is 30.5. The van der Waals surface area contributed by atoms with Gasteiger partial charge in [-0.25, -0.2) is 0 Å². The molecule has 0 saturated carbocycles. The summed E-state index contributed by atoms with van der Waals surface area (Å²) in [6.45, 7) is 0. The van der Waals surface area contributed by atoms with Gasteiger partial charge in [-0.05, 0) is 119 Å². The summed E-state index contributed by atoms with van der Waals surface area (Å²) in [6.07, 6.45) is 12.7. The van der Waals surface area contributed by atoms with E-state index in [9.17, 15) is 0 Å². The second-order valence-electron chi connectivity index (χ2n) is 22.1. The number of aromatic nitrogens is 7. The SMILES string of the molecule is [Ir+3].[Ir].[Ir].[c-]1cccc2ccc3cccnc3c12.[c-]1cccc2ccc3cccnc3c12.[c-]1cccc2ccc3cccnc3c12.[c-]1ccccc1-c1ccccn1.[c-]1ccccc1-c1ccccn1.[c-]1ccccc1-c1nccc2ccccc12.[c-]1ccccc1-c1nccc2ccccc12. The molecule has 7 heterocycles. The first kappa shape index (κ1) is 72.5. The van der Waals surface area contributed by atoms with E-state index in [-0.39, 0.29) is 60.3 Å². The monoisotopic (exact) mass is 1830 g/mol. The molecule has 0 aliphatic heterocycles. The van der Waals surface area contributed by atoms with E-state index in [2.05, 4.69) is 174 Å². The average Bonchev–Trinajstić information content (AvgIpc) is 0.832. The van der Waals surface area contributed by atoms with E-state index in [0.29, 0.717) is 0 Å². The largest absolute Gasteiger partial charge is 3.00 e. The van der Waals surface area contributed by atoms with Crippen molar-refractivity contribution in [2.75, 3.05) is 0 Å². The zero-order valence-electron chi connectivity index (χ0n) is 54.3. The molecule has 2 radical (unpaired) electrons. The molecule has 7 nitrogen and oxygen atoms in total. The normalized spacial score (nSPS) is 10.1. The van der Waals surface area contributed by atoms with Gasteiger partial charge in [0, 0.05) is 83.6 Å². The van der Waals surface area contributed by atoms with Crippen LogP contribution in [0.25, 0.3) is 132 Å². The van der Waals surface area contributed by atoms with Crippen molar-refractivity contribution in [1.82, 2.24) is 34.9 Å². The van der Waals surface area contributed by atoms with Gasteiger partial charge in [0.25, 0.3) is 0 Å². The van der Waals surface area contributed by atoms with Gasteiger partial charge in [0.1, 0.15) is 0 Å². The second-order valence-corrected chi connectivity index (χ2v) is 22.1. The maximum absolute atomic E-state index is 4.45. The molecule has 0 atom stereocenters. The zero-order valence-corrected chi connectivity index (χ0v) is 61.5. The Bertz CT molecular complexity index is 5010. The standard InChI is InChI=1S/2C15H10N.3C13H8N.2C11H8N.3Ir/c2*1-2-7-13(8-3-1)15-14-9-5-4-6-12(14)10-11-16-15;3*1-2-6-12-10(4-1)7-8-11-5-3-9-14-13(11)12;2*1-2-6-10(7-3-1)11-8-4-5-9-12-11;;;/h2*1-7,9-11H;3*1-5,7-9H;2*1-6,8-9H;;;/q7*-1;;;+3. The van der Waals surface area contributed by atoms with Gasteiger partial charge in [-0.3, -0.25) is 0 Å². The van der Waals surface area contributed by atoms with Gasteiger partial charge >= 0.3 is 20.1 Å². The summed E-state index contributed by atoms with van der Waals surface area (Å²) in [7, 11) is 0. The smallest absolute Gasteiger partial charge is 0.305 e. The summed E-state index contributed by atoms with van der Waals surface area (Å²) in [5.74, 6) is 0. The van der Waals surface area contributed by atoms with Crippen LogP contribution in [0.3, 0.4) is 0 Å². The van der Waals surface area contributed by atoms with Crippen molar-refractivity contribution >= 4 is 86.6 Å². The topological polar surface area (TPSA) is 90.2 Å². The average molecular weight is 1830 g/mol. The van der Waals surface area contributed by atoms with E-state index in [0.717, 1.165) is 77.7 Å². The van der Waals surface area contributed by atoms with Crippen molar-refractivity contribution in [1.29, 1.82) is 0 Å². The van der Waals surface area contributed by atoms with Crippen LogP contribution in [0, 0.1) is 42.5 Å². The van der Waals surface area contributed by atoms with E-state index in [1.807, 2.05) is 255 Å². The van der Waals surface area contributed by atoms with Crippen molar-refractivity contribution in [3.63, 3.8) is 0 Å². The van der Waals surface area contributed by atoms with Gasteiger partial charge in [-0.1, -0.05) is 127 Å². The summed E-state index contributed by atoms with van der Waals surface area (Å²) >= 11 is 0. The summed E-state index contributed by atoms with van der Waals surface area (Å²) in [5, 5.41) is 15.2. The van der Waals surface area contributed by atoms with E-state index < -0.39 is 0 Å². The van der Waals surface area contributed by atoms with E-state index in [4.69, 9.17) is 0 Å². The van der Waals surface area contributed by atoms with E-state index >= 15 is 0 Å². The van der Waals surface area contributed by atoms with Crippen LogP contribution in [0.1, 0.15) is 0 Å². The van der Waals surface area contributed by atoms with Crippen LogP contribution in [0.2, 0.25) is 0 Å². The fraction of sp³-hybridized carbons (Fsp3) is 0. The molecule has 12 aromatic carbocycles. The molecule has 10 heteroatoms. The Morgan fingerprint density at radius 3 is 0.812 bits per heavy atom. The third-order valence-electron chi connectivity index (χ3n) is 15.8. The minimum absolute atomic E-state index is 0. The third kappa shape index (κ3) is 18.9. The maximum atomic E-state index is 4.45. The molecule has 19 aromatic rings. The molecular weight excluding hydrogens is 1770 g/mol. The van der Waals surface area contributed by atoms with Gasteiger partial charge in [0.15, 0.2) is 0 Å². The molecule has 0 unspecified atom stereocenters. The van der Waals surface area contributed by atoms with Crippen molar-refractivity contribution in [3.8, 4) is 45.0 Å². The molecule has 0 spiro atoms. The molecular formula is C91H60Ir3N7-4. The van der Waals surface area contributed by atoms with Gasteiger partial charge < -0.3 is 34.9 Å². The predicted octanol–water partition coefficient (Wildman–Crippen LogP) is 22.1. The predicted molar refractivity (Wildman–Crippen MR) is 403 cm³/mol. The Labute approximate surface area is 628 Å². The van der Waals surface area contributed by atoms with Crippen molar-refractivity contribution in [2.45, 2.75) is 0 Å². The van der Waals surface area contributed by atoms with Crippen molar-refractivity contribution < 1.29 is 60.3 Å². The van der Waals surface area contributed by atoms with Crippen LogP contribution in [-0.2, 0) is 60.3 Å². The van der Waals surface area contributed by atoms with Gasteiger partial charge in [0.05, 0.1) is 0 Å². The molecule has 0 saturated heterocycles. The Balaban J connectivity index is 0.000000127. The second kappa shape index (κ2) is 37.6. The fourth-order valence-electron chi connectivity index (χ4n) is 11.1. The Kier molecular flexibility index (Phi) is 27.0. The Hall–Kier alpha value is -11.3. The molecule has 0 N–H and O–H groups in total. The van der Waals surface area contributed by atoms with E-state index in [1.54, 1.807) is 12.4 Å². The maximum Gasteiger partial charge on any atom is 3.00 e.